The molecule has 0 spiro atoms. The number of hydrogen-bond acceptors (Lipinski definition) is 4. The third kappa shape index (κ3) is 3.76. The van der Waals surface area contributed by atoms with Crippen LogP contribution in [0.1, 0.15) is 27.3 Å². The van der Waals surface area contributed by atoms with Gasteiger partial charge < -0.3 is 14.2 Å². The molecule has 0 atom stereocenters. The standard InChI is InChI=1S/C19H24ClN3O4S/c1-12-5-6-15(11-16(12)20)21-28(25,26)18-14(3)22(4)13(2)17(18)19(24)23-7-9-27-10-8-23/h5-6,11,21H,7-10H2,1-4H3. The van der Waals surface area contributed by atoms with E-state index < -0.39 is 10.0 Å². The molecule has 1 aliphatic heterocycles. The molecule has 0 bridgehead atoms. The highest BCUT2D eigenvalue weighted by Gasteiger charge is 2.33. The number of halogens is 1. The summed E-state index contributed by atoms with van der Waals surface area (Å²) in [5, 5.41) is 0.464. The topological polar surface area (TPSA) is 80.6 Å². The fourth-order valence-electron chi connectivity index (χ4n) is 3.28. The molecule has 0 aliphatic carbocycles. The van der Waals surface area contributed by atoms with Crippen LogP contribution in [0.4, 0.5) is 5.69 Å². The number of anilines is 1. The first-order chi connectivity index (χ1) is 13.1. The number of morpholine rings is 1. The van der Waals surface area contributed by atoms with Crippen molar-refractivity contribution in [3.05, 3.63) is 45.7 Å². The van der Waals surface area contributed by atoms with Crippen LogP contribution < -0.4 is 4.72 Å². The Balaban J connectivity index is 2.05. The molecule has 7 nitrogen and oxygen atoms in total. The summed E-state index contributed by atoms with van der Waals surface area (Å²) in [6.07, 6.45) is 0. The summed E-state index contributed by atoms with van der Waals surface area (Å²) in [5.74, 6) is -0.299. The second-order valence-electron chi connectivity index (χ2n) is 6.91. The van der Waals surface area contributed by atoms with Gasteiger partial charge in [-0.3, -0.25) is 9.52 Å². The van der Waals surface area contributed by atoms with Crippen LogP contribution in [0.25, 0.3) is 0 Å². The van der Waals surface area contributed by atoms with Crippen molar-refractivity contribution in [2.75, 3.05) is 31.0 Å². The van der Waals surface area contributed by atoms with Crippen LogP contribution in [0.3, 0.4) is 0 Å². The summed E-state index contributed by atoms with van der Waals surface area (Å²) in [6, 6.07) is 4.94. The van der Waals surface area contributed by atoms with Crippen molar-refractivity contribution in [2.45, 2.75) is 25.7 Å². The van der Waals surface area contributed by atoms with Crippen LogP contribution in [-0.2, 0) is 21.8 Å². The van der Waals surface area contributed by atoms with E-state index in [1.807, 2.05) is 6.92 Å². The smallest absolute Gasteiger partial charge is 0.264 e. The highest BCUT2D eigenvalue weighted by molar-refractivity contribution is 7.92. The van der Waals surface area contributed by atoms with Gasteiger partial charge >= 0.3 is 0 Å². The molecule has 1 N–H and O–H groups in total. The Morgan fingerprint density at radius 3 is 2.39 bits per heavy atom. The predicted octanol–water partition coefficient (Wildman–Crippen LogP) is 2.88. The Bertz CT molecular complexity index is 1020. The minimum Gasteiger partial charge on any atom is -0.378 e. The van der Waals surface area contributed by atoms with E-state index in [4.69, 9.17) is 16.3 Å². The summed E-state index contributed by atoms with van der Waals surface area (Å²) in [4.78, 5) is 14.8. The van der Waals surface area contributed by atoms with E-state index in [9.17, 15) is 13.2 Å². The molecule has 1 aromatic heterocycles. The second kappa shape index (κ2) is 7.77. The number of hydrogen-bond donors (Lipinski definition) is 1. The largest absolute Gasteiger partial charge is 0.378 e. The lowest BCUT2D eigenvalue weighted by molar-refractivity contribution is 0.0300. The Kier molecular flexibility index (Phi) is 5.74. The predicted molar refractivity (Wildman–Crippen MR) is 109 cm³/mol. The molecule has 0 saturated carbocycles. The van der Waals surface area contributed by atoms with Gasteiger partial charge in [0, 0.05) is 36.5 Å². The van der Waals surface area contributed by atoms with Crippen LogP contribution in [0.15, 0.2) is 23.1 Å². The second-order valence-corrected chi connectivity index (χ2v) is 8.93. The first-order valence-electron chi connectivity index (χ1n) is 8.95. The molecule has 2 aromatic rings. The quantitative estimate of drug-likeness (QED) is 0.816. The van der Waals surface area contributed by atoms with Crippen molar-refractivity contribution in [3.63, 3.8) is 0 Å². The Hall–Kier alpha value is -2.03. The molecule has 9 heteroatoms. The lowest BCUT2D eigenvalue weighted by atomic mass is 10.2. The minimum atomic E-state index is -4.00. The number of carbonyl (C=O) groups is 1. The molecule has 2 heterocycles. The summed E-state index contributed by atoms with van der Waals surface area (Å²) >= 11 is 6.12. The number of aromatic nitrogens is 1. The van der Waals surface area contributed by atoms with E-state index in [2.05, 4.69) is 4.72 Å². The number of nitrogens with one attached hydrogen (secondary N) is 1. The highest BCUT2D eigenvalue weighted by Crippen LogP contribution is 2.30. The van der Waals surface area contributed by atoms with Gasteiger partial charge in [0.05, 0.1) is 24.5 Å². The number of benzene rings is 1. The number of ether oxygens (including phenoxy) is 1. The third-order valence-electron chi connectivity index (χ3n) is 5.13. The van der Waals surface area contributed by atoms with Crippen molar-refractivity contribution in [2.24, 2.45) is 7.05 Å². The van der Waals surface area contributed by atoms with Gasteiger partial charge in [0.25, 0.3) is 15.9 Å². The van der Waals surface area contributed by atoms with Gasteiger partial charge in [0.15, 0.2) is 0 Å². The van der Waals surface area contributed by atoms with Gasteiger partial charge in [-0.05, 0) is 38.5 Å². The zero-order chi connectivity index (χ0) is 20.6. The van der Waals surface area contributed by atoms with Crippen molar-refractivity contribution < 1.29 is 17.9 Å². The first-order valence-corrected chi connectivity index (χ1v) is 10.8. The maximum atomic E-state index is 13.2. The van der Waals surface area contributed by atoms with E-state index >= 15 is 0 Å². The molecule has 0 radical (unpaired) electrons. The SMILES string of the molecule is Cc1ccc(NS(=O)(=O)c2c(C(=O)N3CCOCC3)c(C)n(C)c2C)cc1Cl. The number of sulfonamides is 1. The number of nitrogens with zero attached hydrogens (tertiary/aromatic N) is 2. The first kappa shape index (κ1) is 20.7. The van der Waals surface area contributed by atoms with Gasteiger partial charge in [0.2, 0.25) is 0 Å². The summed E-state index contributed by atoms with van der Waals surface area (Å²) in [7, 11) is -2.25. The fraction of sp³-hybridized carbons (Fsp3) is 0.421. The number of aryl methyl sites for hydroxylation is 1. The maximum Gasteiger partial charge on any atom is 0.264 e. The Morgan fingerprint density at radius 1 is 1.14 bits per heavy atom. The molecule has 3 rings (SSSR count). The summed E-state index contributed by atoms with van der Waals surface area (Å²) in [6.45, 7) is 7.05. The van der Waals surface area contributed by atoms with Crippen LogP contribution >= 0.6 is 11.6 Å². The van der Waals surface area contributed by atoms with E-state index in [0.717, 1.165) is 5.56 Å². The van der Waals surface area contributed by atoms with Crippen LogP contribution in [-0.4, -0.2) is 50.1 Å². The van der Waals surface area contributed by atoms with Gasteiger partial charge in [-0.2, -0.15) is 0 Å². The average molecular weight is 426 g/mol. The van der Waals surface area contributed by atoms with E-state index in [-0.39, 0.29) is 16.4 Å². The van der Waals surface area contributed by atoms with Crippen molar-refractivity contribution in [1.82, 2.24) is 9.47 Å². The van der Waals surface area contributed by atoms with Gasteiger partial charge in [-0.25, -0.2) is 8.42 Å². The molecule has 152 valence electrons. The van der Waals surface area contributed by atoms with Crippen molar-refractivity contribution >= 4 is 33.2 Å². The molecule has 1 aromatic carbocycles. The fourth-order valence-corrected chi connectivity index (χ4v) is 5.03. The van der Waals surface area contributed by atoms with Crippen molar-refractivity contribution in [1.29, 1.82) is 0 Å². The molecule has 1 aliphatic rings. The molecule has 1 saturated heterocycles. The molecule has 0 unspecified atom stereocenters. The van der Waals surface area contributed by atoms with E-state index in [0.29, 0.717) is 48.4 Å². The number of carbonyl (C=O) groups excluding carboxylic acids is 1. The van der Waals surface area contributed by atoms with Crippen LogP contribution in [0.5, 0.6) is 0 Å². The Labute approximate surface area is 170 Å². The number of amides is 1. The summed E-state index contributed by atoms with van der Waals surface area (Å²) in [5.41, 5.74) is 2.50. The molecular weight excluding hydrogens is 402 g/mol. The molecule has 1 amide bonds. The van der Waals surface area contributed by atoms with Crippen molar-refractivity contribution in [3.8, 4) is 0 Å². The summed E-state index contributed by atoms with van der Waals surface area (Å²) < 4.78 is 36.0. The van der Waals surface area contributed by atoms with E-state index in [1.165, 1.54) is 0 Å². The highest BCUT2D eigenvalue weighted by atomic mass is 35.5. The third-order valence-corrected chi connectivity index (χ3v) is 7.08. The van der Waals surface area contributed by atoms with Gasteiger partial charge in [0.1, 0.15) is 4.90 Å². The molecule has 28 heavy (non-hydrogen) atoms. The maximum absolute atomic E-state index is 13.2. The van der Waals surface area contributed by atoms with E-state index in [1.54, 1.807) is 48.6 Å². The zero-order valence-corrected chi connectivity index (χ0v) is 17.9. The van der Waals surface area contributed by atoms with Crippen LogP contribution in [0.2, 0.25) is 5.02 Å². The molecule has 1 fully saturated rings. The lowest BCUT2D eigenvalue weighted by Gasteiger charge is -2.27. The Morgan fingerprint density at radius 2 is 1.79 bits per heavy atom. The zero-order valence-electron chi connectivity index (χ0n) is 16.4. The van der Waals surface area contributed by atoms with Gasteiger partial charge in [-0.1, -0.05) is 17.7 Å². The minimum absolute atomic E-state index is 0.000638. The number of rotatable bonds is 4. The van der Waals surface area contributed by atoms with Crippen LogP contribution in [0, 0.1) is 20.8 Å². The lowest BCUT2D eigenvalue weighted by Crippen LogP contribution is -2.41. The monoisotopic (exact) mass is 425 g/mol. The average Bonchev–Trinajstić information content (AvgIpc) is 2.89. The normalized spacial score (nSPS) is 15.0. The molecular formula is C19H24ClN3O4S. The van der Waals surface area contributed by atoms with Gasteiger partial charge in [-0.15, -0.1) is 0 Å².